The Morgan fingerprint density at radius 1 is 1.17 bits per heavy atom. The summed E-state index contributed by atoms with van der Waals surface area (Å²) in [4.78, 5) is 0. The highest BCUT2D eigenvalue weighted by Crippen LogP contribution is 2.34. The average Bonchev–Trinajstić information content (AvgIpc) is 2.33. The number of nitrogens with one attached hydrogen (secondary N) is 2. The van der Waals surface area contributed by atoms with Gasteiger partial charge in [0.2, 0.25) is 0 Å². The van der Waals surface area contributed by atoms with E-state index in [-0.39, 0.29) is 0 Å². The first-order valence-corrected chi connectivity index (χ1v) is 7.73. The maximum absolute atomic E-state index is 5.56. The highest BCUT2D eigenvalue weighted by atomic mass is 79.9. The van der Waals surface area contributed by atoms with Crippen molar-refractivity contribution in [2.75, 3.05) is 26.7 Å². The van der Waals surface area contributed by atoms with Crippen LogP contribution >= 0.6 is 31.9 Å². The maximum Gasteiger partial charge on any atom is 0.147 e. The topological polar surface area (TPSA) is 33.3 Å². The lowest BCUT2D eigenvalue weighted by atomic mass is 10.2. The van der Waals surface area contributed by atoms with Gasteiger partial charge in [0.05, 0.1) is 15.6 Å². The Hall–Kier alpha value is -0.100. The molecule has 18 heavy (non-hydrogen) atoms. The number of rotatable bonds is 8. The van der Waals surface area contributed by atoms with Crippen LogP contribution in [0.3, 0.4) is 0 Å². The number of hydrogen-bond donors (Lipinski definition) is 2. The second-order valence-corrected chi connectivity index (χ2v) is 5.66. The SMILES string of the molecule is CCOc1c(Br)cc(CNCCCNC)cc1Br. The maximum atomic E-state index is 5.56. The van der Waals surface area contributed by atoms with Crippen molar-refractivity contribution in [3.63, 3.8) is 0 Å². The Morgan fingerprint density at radius 3 is 2.39 bits per heavy atom. The Morgan fingerprint density at radius 2 is 1.83 bits per heavy atom. The van der Waals surface area contributed by atoms with Crippen molar-refractivity contribution in [2.45, 2.75) is 19.9 Å². The van der Waals surface area contributed by atoms with E-state index in [1.807, 2.05) is 14.0 Å². The van der Waals surface area contributed by atoms with Crippen LogP contribution in [-0.4, -0.2) is 26.7 Å². The van der Waals surface area contributed by atoms with Crippen LogP contribution in [0, 0.1) is 0 Å². The van der Waals surface area contributed by atoms with E-state index in [0.29, 0.717) is 6.61 Å². The lowest BCUT2D eigenvalue weighted by molar-refractivity contribution is 0.336. The Kier molecular flexibility index (Phi) is 7.90. The lowest BCUT2D eigenvalue weighted by Gasteiger charge is -2.11. The van der Waals surface area contributed by atoms with Gasteiger partial charge in [-0.3, -0.25) is 0 Å². The van der Waals surface area contributed by atoms with Crippen molar-refractivity contribution < 1.29 is 4.74 Å². The van der Waals surface area contributed by atoms with E-state index in [0.717, 1.165) is 40.8 Å². The monoisotopic (exact) mass is 378 g/mol. The predicted octanol–water partition coefficient (Wildman–Crippen LogP) is 3.31. The zero-order valence-electron chi connectivity index (χ0n) is 10.9. The second kappa shape index (κ2) is 8.91. The minimum Gasteiger partial charge on any atom is -0.492 e. The third-order valence-corrected chi connectivity index (χ3v) is 3.63. The van der Waals surface area contributed by atoms with Crippen LogP contribution in [-0.2, 0) is 6.54 Å². The number of ether oxygens (including phenoxy) is 1. The van der Waals surface area contributed by atoms with Gasteiger partial charge >= 0.3 is 0 Å². The zero-order chi connectivity index (χ0) is 13.4. The van der Waals surface area contributed by atoms with Crippen LogP contribution in [0.1, 0.15) is 18.9 Å². The largest absolute Gasteiger partial charge is 0.492 e. The standard InChI is InChI=1S/C13H20Br2N2O/c1-3-18-13-11(14)7-10(8-12(13)15)9-17-6-4-5-16-2/h7-8,16-17H,3-6,9H2,1-2H3. The fourth-order valence-electron chi connectivity index (χ4n) is 1.62. The van der Waals surface area contributed by atoms with Gasteiger partial charge in [-0.2, -0.15) is 0 Å². The first-order valence-electron chi connectivity index (χ1n) is 6.15. The summed E-state index contributed by atoms with van der Waals surface area (Å²) in [5.41, 5.74) is 1.24. The van der Waals surface area contributed by atoms with Gasteiger partial charge in [-0.05, 0) is 83.0 Å². The van der Waals surface area contributed by atoms with E-state index in [2.05, 4.69) is 54.6 Å². The minimum atomic E-state index is 0.665. The van der Waals surface area contributed by atoms with Crippen molar-refractivity contribution >= 4 is 31.9 Å². The molecule has 0 aliphatic rings. The fraction of sp³-hybridized carbons (Fsp3) is 0.538. The fourth-order valence-corrected chi connectivity index (χ4v) is 3.13. The molecule has 1 rings (SSSR count). The molecule has 0 fully saturated rings. The number of benzene rings is 1. The summed E-state index contributed by atoms with van der Waals surface area (Å²) in [5.74, 6) is 0.872. The summed E-state index contributed by atoms with van der Waals surface area (Å²) < 4.78 is 7.54. The molecule has 0 aromatic heterocycles. The molecule has 0 bridgehead atoms. The molecule has 1 aromatic rings. The minimum absolute atomic E-state index is 0.665. The molecule has 102 valence electrons. The van der Waals surface area contributed by atoms with Gasteiger partial charge in [0.1, 0.15) is 5.75 Å². The lowest BCUT2D eigenvalue weighted by Crippen LogP contribution is -2.19. The summed E-state index contributed by atoms with van der Waals surface area (Å²) >= 11 is 7.08. The predicted molar refractivity (Wildman–Crippen MR) is 83.3 cm³/mol. The molecule has 3 nitrogen and oxygen atoms in total. The summed E-state index contributed by atoms with van der Waals surface area (Å²) in [6.07, 6.45) is 1.13. The molecule has 0 spiro atoms. The van der Waals surface area contributed by atoms with Crippen LogP contribution in [0.4, 0.5) is 0 Å². The van der Waals surface area contributed by atoms with Crippen LogP contribution in [0.2, 0.25) is 0 Å². The summed E-state index contributed by atoms with van der Waals surface area (Å²) in [6, 6.07) is 4.20. The van der Waals surface area contributed by atoms with Gasteiger partial charge in [-0.25, -0.2) is 0 Å². The Balaban J connectivity index is 2.52. The average molecular weight is 380 g/mol. The molecule has 0 aliphatic carbocycles. The molecule has 0 aliphatic heterocycles. The third-order valence-electron chi connectivity index (χ3n) is 2.46. The van der Waals surface area contributed by atoms with E-state index in [1.165, 1.54) is 5.56 Å². The van der Waals surface area contributed by atoms with E-state index in [1.54, 1.807) is 0 Å². The zero-order valence-corrected chi connectivity index (χ0v) is 14.0. The van der Waals surface area contributed by atoms with E-state index >= 15 is 0 Å². The second-order valence-electron chi connectivity index (χ2n) is 3.96. The highest BCUT2D eigenvalue weighted by molar-refractivity contribution is 9.11. The van der Waals surface area contributed by atoms with Gasteiger partial charge < -0.3 is 15.4 Å². The van der Waals surface area contributed by atoms with E-state index in [9.17, 15) is 0 Å². The van der Waals surface area contributed by atoms with Crippen molar-refractivity contribution in [3.8, 4) is 5.75 Å². The molecule has 0 saturated carbocycles. The van der Waals surface area contributed by atoms with Crippen molar-refractivity contribution in [1.29, 1.82) is 0 Å². The van der Waals surface area contributed by atoms with Crippen molar-refractivity contribution in [1.82, 2.24) is 10.6 Å². The molecule has 0 atom stereocenters. The molecule has 0 radical (unpaired) electrons. The highest BCUT2D eigenvalue weighted by Gasteiger charge is 2.08. The van der Waals surface area contributed by atoms with Crippen LogP contribution in [0.5, 0.6) is 5.75 Å². The van der Waals surface area contributed by atoms with Crippen LogP contribution < -0.4 is 15.4 Å². The molecular formula is C13H20Br2N2O. The first kappa shape index (κ1) is 16.0. The molecule has 5 heteroatoms. The van der Waals surface area contributed by atoms with Crippen LogP contribution in [0.15, 0.2) is 21.1 Å². The molecule has 0 unspecified atom stereocenters. The summed E-state index contributed by atoms with van der Waals surface area (Å²) in [7, 11) is 1.97. The third kappa shape index (κ3) is 5.26. The number of hydrogen-bond acceptors (Lipinski definition) is 3. The van der Waals surface area contributed by atoms with Gasteiger partial charge in [-0.15, -0.1) is 0 Å². The van der Waals surface area contributed by atoms with Crippen LogP contribution in [0.25, 0.3) is 0 Å². The van der Waals surface area contributed by atoms with E-state index < -0.39 is 0 Å². The first-order chi connectivity index (χ1) is 8.69. The Labute approximate surface area is 126 Å². The van der Waals surface area contributed by atoms with Gasteiger partial charge in [0, 0.05) is 6.54 Å². The van der Waals surface area contributed by atoms with Crippen molar-refractivity contribution in [3.05, 3.63) is 26.6 Å². The van der Waals surface area contributed by atoms with Crippen molar-refractivity contribution in [2.24, 2.45) is 0 Å². The molecule has 0 amide bonds. The normalized spacial score (nSPS) is 10.7. The van der Waals surface area contributed by atoms with E-state index in [4.69, 9.17) is 4.74 Å². The summed E-state index contributed by atoms with van der Waals surface area (Å²) in [5, 5.41) is 6.55. The Bertz CT molecular complexity index is 349. The molecule has 2 N–H and O–H groups in total. The molecule has 0 saturated heterocycles. The summed E-state index contributed by atoms with van der Waals surface area (Å²) in [6.45, 7) is 5.58. The molecule has 0 heterocycles. The van der Waals surface area contributed by atoms with Gasteiger partial charge in [0.15, 0.2) is 0 Å². The quantitative estimate of drug-likeness (QED) is 0.680. The smallest absolute Gasteiger partial charge is 0.147 e. The molecule has 1 aromatic carbocycles. The van der Waals surface area contributed by atoms with Gasteiger partial charge in [0.25, 0.3) is 0 Å². The van der Waals surface area contributed by atoms with Gasteiger partial charge in [-0.1, -0.05) is 0 Å². The molecular weight excluding hydrogens is 360 g/mol. The number of halogens is 2.